The lowest BCUT2D eigenvalue weighted by molar-refractivity contribution is 0.237. The van der Waals surface area contributed by atoms with Gasteiger partial charge in [0.05, 0.1) is 5.66 Å². The Morgan fingerprint density at radius 1 is 1.22 bits per heavy atom. The van der Waals surface area contributed by atoms with Gasteiger partial charge in [-0.3, -0.25) is 0 Å². The van der Waals surface area contributed by atoms with Gasteiger partial charge in [0.15, 0.2) is 0 Å². The van der Waals surface area contributed by atoms with Crippen molar-refractivity contribution in [2.75, 3.05) is 20.1 Å². The Bertz CT molecular complexity index is 109. The summed E-state index contributed by atoms with van der Waals surface area (Å²) in [6, 6.07) is 0. The number of hydrogen-bond donors (Lipinski definition) is 2. The minimum absolute atomic E-state index is 0.368. The molecule has 2 aliphatic rings. The van der Waals surface area contributed by atoms with E-state index in [1.165, 1.54) is 25.9 Å². The number of hydrogen-bond acceptors (Lipinski definition) is 3. The summed E-state index contributed by atoms with van der Waals surface area (Å²) in [4.78, 5) is 2.37. The van der Waals surface area contributed by atoms with Gasteiger partial charge in [0.25, 0.3) is 0 Å². The highest BCUT2D eigenvalue weighted by molar-refractivity contribution is 4.97. The van der Waals surface area contributed by atoms with Crippen molar-refractivity contribution in [3.05, 3.63) is 0 Å². The zero-order valence-electron chi connectivity index (χ0n) is 5.78. The molecule has 0 aromatic carbocycles. The third-order valence-corrected chi connectivity index (χ3v) is 2.32. The fourth-order valence-corrected chi connectivity index (χ4v) is 1.34. The summed E-state index contributed by atoms with van der Waals surface area (Å²) >= 11 is 0. The van der Waals surface area contributed by atoms with Crippen LogP contribution >= 0.6 is 0 Å². The number of nitrogens with zero attached hydrogens (tertiary/aromatic N) is 1. The molecule has 2 rings (SSSR count). The second-order valence-corrected chi connectivity index (χ2v) is 3.14. The quantitative estimate of drug-likeness (QED) is 0.432. The van der Waals surface area contributed by atoms with Crippen LogP contribution in [0.15, 0.2) is 0 Å². The van der Waals surface area contributed by atoms with E-state index >= 15 is 0 Å². The molecule has 3 nitrogen and oxygen atoms in total. The molecule has 0 unspecified atom stereocenters. The topological polar surface area (TPSA) is 47.1 Å². The standard InChI is InChI=1S/C6H13N3/c1-9-4-2-6(3-5-9)7-8-6/h7-8H,2-5H2,1H3. The van der Waals surface area contributed by atoms with Gasteiger partial charge in [-0.05, 0) is 19.9 Å². The van der Waals surface area contributed by atoms with Gasteiger partial charge in [0.2, 0.25) is 0 Å². The van der Waals surface area contributed by atoms with Crippen LogP contribution in [0.25, 0.3) is 0 Å². The van der Waals surface area contributed by atoms with E-state index in [-0.39, 0.29) is 0 Å². The van der Waals surface area contributed by atoms with Crippen molar-refractivity contribution in [1.82, 2.24) is 15.8 Å². The molecular formula is C6H13N3. The van der Waals surface area contributed by atoms with Gasteiger partial charge in [-0.15, -0.1) is 0 Å². The fourth-order valence-electron chi connectivity index (χ4n) is 1.34. The lowest BCUT2D eigenvalue weighted by atomic mass is 10.0. The summed E-state index contributed by atoms with van der Waals surface area (Å²) < 4.78 is 0. The monoisotopic (exact) mass is 127 g/mol. The summed E-state index contributed by atoms with van der Waals surface area (Å²) in [5, 5.41) is 0. The number of likely N-dealkylation sites (tertiary alicyclic amines) is 1. The van der Waals surface area contributed by atoms with E-state index in [0.717, 1.165) is 0 Å². The molecule has 0 atom stereocenters. The predicted octanol–water partition coefficient (Wildman–Crippen LogP) is -0.484. The molecule has 0 aromatic rings. The lowest BCUT2D eigenvalue weighted by Crippen LogP contribution is -2.37. The minimum Gasteiger partial charge on any atom is -0.306 e. The molecule has 0 aliphatic carbocycles. The van der Waals surface area contributed by atoms with Crippen molar-refractivity contribution in [3.8, 4) is 0 Å². The Hall–Kier alpha value is -0.120. The fraction of sp³-hybridized carbons (Fsp3) is 1.00. The van der Waals surface area contributed by atoms with E-state index in [1.807, 2.05) is 0 Å². The van der Waals surface area contributed by atoms with Crippen LogP contribution in [0.3, 0.4) is 0 Å². The highest BCUT2D eigenvalue weighted by Gasteiger charge is 2.43. The molecule has 2 fully saturated rings. The molecule has 1 spiro atoms. The van der Waals surface area contributed by atoms with Crippen molar-refractivity contribution in [2.45, 2.75) is 18.5 Å². The van der Waals surface area contributed by atoms with Crippen molar-refractivity contribution >= 4 is 0 Å². The predicted molar refractivity (Wildman–Crippen MR) is 35.7 cm³/mol. The number of rotatable bonds is 0. The van der Waals surface area contributed by atoms with Gasteiger partial charge in [-0.1, -0.05) is 0 Å². The van der Waals surface area contributed by atoms with Gasteiger partial charge in [0, 0.05) is 13.1 Å². The van der Waals surface area contributed by atoms with Gasteiger partial charge in [0.1, 0.15) is 0 Å². The Morgan fingerprint density at radius 3 is 2.22 bits per heavy atom. The van der Waals surface area contributed by atoms with E-state index in [0.29, 0.717) is 5.66 Å². The first kappa shape index (κ1) is 5.65. The average molecular weight is 127 g/mol. The van der Waals surface area contributed by atoms with Crippen molar-refractivity contribution < 1.29 is 0 Å². The molecule has 2 aliphatic heterocycles. The number of piperidine rings is 1. The molecule has 52 valence electrons. The number of hydrazine groups is 1. The van der Waals surface area contributed by atoms with Crippen LogP contribution in [0.2, 0.25) is 0 Å². The van der Waals surface area contributed by atoms with E-state index in [1.54, 1.807) is 0 Å². The second-order valence-electron chi connectivity index (χ2n) is 3.14. The Balaban J connectivity index is 1.91. The van der Waals surface area contributed by atoms with Crippen LogP contribution in [0.1, 0.15) is 12.8 Å². The average Bonchev–Trinajstić information content (AvgIpc) is 2.60. The summed E-state index contributed by atoms with van der Waals surface area (Å²) in [6.07, 6.45) is 2.51. The van der Waals surface area contributed by atoms with Crippen LogP contribution in [-0.2, 0) is 0 Å². The molecule has 0 amide bonds. The van der Waals surface area contributed by atoms with Gasteiger partial charge in [-0.25, -0.2) is 10.9 Å². The van der Waals surface area contributed by atoms with E-state index in [2.05, 4.69) is 22.8 Å². The maximum atomic E-state index is 3.19. The molecule has 2 saturated heterocycles. The molecule has 0 aromatic heterocycles. The Kier molecular flexibility index (Phi) is 1.06. The maximum absolute atomic E-state index is 3.19. The van der Waals surface area contributed by atoms with E-state index < -0.39 is 0 Å². The summed E-state index contributed by atoms with van der Waals surface area (Å²) in [6.45, 7) is 2.44. The first-order valence-corrected chi connectivity index (χ1v) is 3.54. The van der Waals surface area contributed by atoms with Crippen molar-refractivity contribution in [1.29, 1.82) is 0 Å². The molecular weight excluding hydrogens is 114 g/mol. The first-order chi connectivity index (χ1) is 4.31. The van der Waals surface area contributed by atoms with E-state index in [4.69, 9.17) is 0 Å². The molecule has 0 radical (unpaired) electrons. The normalized spacial score (nSPS) is 33.0. The second kappa shape index (κ2) is 1.68. The molecule has 2 N–H and O–H groups in total. The third-order valence-electron chi connectivity index (χ3n) is 2.32. The summed E-state index contributed by atoms with van der Waals surface area (Å²) in [7, 11) is 2.18. The Labute approximate surface area is 55.4 Å². The van der Waals surface area contributed by atoms with Gasteiger partial charge < -0.3 is 4.90 Å². The first-order valence-electron chi connectivity index (χ1n) is 3.54. The SMILES string of the molecule is CN1CCC2(CC1)NN2. The molecule has 9 heavy (non-hydrogen) atoms. The van der Waals surface area contributed by atoms with Crippen LogP contribution in [0.4, 0.5) is 0 Å². The zero-order chi connectivity index (χ0) is 6.32. The van der Waals surface area contributed by atoms with Crippen LogP contribution < -0.4 is 10.9 Å². The van der Waals surface area contributed by atoms with Crippen molar-refractivity contribution in [3.63, 3.8) is 0 Å². The van der Waals surface area contributed by atoms with Crippen LogP contribution in [-0.4, -0.2) is 30.7 Å². The molecule has 2 heterocycles. The Morgan fingerprint density at radius 2 is 1.78 bits per heavy atom. The van der Waals surface area contributed by atoms with Crippen LogP contribution in [0.5, 0.6) is 0 Å². The third kappa shape index (κ3) is 0.956. The summed E-state index contributed by atoms with van der Waals surface area (Å²) in [5.41, 5.74) is 6.75. The number of nitrogens with one attached hydrogen (secondary N) is 2. The lowest BCUT2D eigenvalue weighted by Gasteiger charge is -2.26. The van der Waals surface area contributed by atoms with Gasteiger partial charge >= 0.3 is 0 Å². The van der Waals surface area contributed by atoms with Crippen molar-refractivity contribution in [2.24, 2.45) is 0 Å². The van der Waals surface area contributed by atoms with Gasteiger partial charge in [-0.2, -0.15) is 0 Å². The zero-order valence-corrected chi connectivity index (χ0v) is 5.78. The van der Waals surface area contributed by atoms with Crippen LogP contribution in [0, 0.1) is 0 Å². The van der Waals surface area contributed by atoms with E-state index in [9.17, 15) is 0 Å². The smallest absolute Gasteiger partial charge is 0.0967 e. The highest BCUT2D eigenvalue weighted by Crippen LogP contribution is 2.24. The maximum Gasteiger partial charge on any atom is 0.0967 e. The highest BCUT2D eigenvalue weighted by atomic mass is 15.7. The molecule has 3 heteroatoms. The largest absolute Gasteiger partial charge is 0.306 e. The summed E-state index contributed by atoms with van der Waals surface area (Å²) in [5.74, 6) is 0. The molecule has 0 bridgehead atoms. The minimum atomic E-state index is 0.368. The molecule has 0 saturated carbocycles.